The van der Waals surface area contributed by atoms with E-state index in [0.717, 1.165) is 19.3 Å². The Morgan fingerprint density at radius 3 is 2.12 bits per heavy atom. The lowest BCUT2D eigenvalue weighted by molar-refractivity contribution is -0.141. The minimum Gasteiger partial charge on any atom is -0.481 e. The van der Waals surface area contributed by atoms with Gasteiger partial charge < -0.3 is 10.0 Å². The van der Waals surface area contributed by atoms with Crippen LogP contribution in [0.15, 0.2) is 0 Å². The molecule has 2 atom stereocenters. The Morgan fingerprint density at radius 1 is 1.08 bits per heavy atom. The van der Waals surface area contributed by atoms with Gasteiger partial charge in [0.1, 0.15) is 5.25 Å². The van der Waals surface area contributed by atoms with Gasteiger partial charge in [-0.3, -0.25) is 9.59 Å². The number of carboxylic acid groups (broad SMARTS) is 1. The molecule has 24 heavy (non-hydrogen) atoms. The van der Waals surface area contributed by atoms with Gasteiger partial charge in [0.25, 0.3) is 0 Å². The lowest BCUT2D eigenvalue weighted by Gasteiger charge is -2.31. The first kappa shape index (κ1) is 21.2. The summed E-state index contributed by atoms with van der Waals surface area (Å²) in [5.74, 6) is -2.21. The zero-order valence-electron chi connectivity index (χ0n) is 14.3. The van der Waals surface area contributed by atoms with Gasteiger partial charge in [0.2, 0.25) is 5.91 Å². The SMILES string of the molecule is CC(C)C(C(=O)N1CCC(C(=O)O)C1)S(=O)(=O)C1CCCCC1.Cl. The molecule has 0 radical (unpaired) electrons. The van der Waals surface area contributed by atoms with Crippen LogP contribution in [0.4, 0.5) is 0 Å². The van der Waals surface area contributed by atoms with Crippen LogP contribution in [0.2, 0.25) is 0 Å². The fourth-order valence-corrected chi connectivity index (χ4v) is 6.34. The van der Waals surface area contributed by atoms with Crippen molar-refractivity contribution in [1.82, 2.24) is 4.90 Å². The molecule has 2 aliphatic rings. The molecule has 2 fully saturated rings. The molecule has 2 unspecified atom stereocenters. The lowest BCUT2D eigenvalue weighted by Crippen LogP contribution is -2.48. The summed E-state index contributed by atoms with van der Waals surface area (Å²) in [6.07, 6.45) is 4.52. The summed E-state index contributed by atoms with van der Waals surface area (Å²) in [5, 5.41) is 7.60. The molecular formula is C16H28ClNO5S. The summed E-state index contributed by atoms with van der Waals surface area (Å²) in [6.45, 7) is 3.97. The maximum atomic E-state index is 13.0. The van der Waals surface area contributed by atoms with Crippen molar-refractivity contribution < 1.29 is 23.1 Å². The van der Waals surface area contributed by atoms with Crippen molar-refractivity contribution in [3.63, 3.8) is 0 Å². The number of likely N-dealkylation sites (tertiary alicyclic amines) is 1. The summed E-state index contributed by atoms with van der Waals surface area (Å²) in [4.78, 5) is 25.3. The number of amides is 1. The molecule has 140 valence electrons. The average Bonchev–Trinajstić information content (AvgIpc) is 2.97. The molecule has 1 amide bonds. The molecule has 1 saturated carbocycles. The molecule has 1 aliphatic carbocycles. The third-order valence-corrected chi connectivity index (χ3v) is 7.92. The van der Waals surface area contributed by atoms with Gasteiger partial charge in [-0.05, 0) is 25.2 Å². The second kappa shape index (κ2) is 8.52. The molecule has 1 aliphatic heterocycles. The zero-order valence-corrected chi connectivity index (χ0v) is 15.9. The monoisotopic (exact) mass is 381 g/mol. The molecule has 0 aromatic rings. The number of rotatable bonds is 5. The molecular weight excluding hydrogens is 354 g/mol. The average molecular weight is 382 g/mol. The van der Waals surface area contributed by atoms with Crippen molar-refractivity contribution in [1.29, 1.82) is 0 Å². The number of carbonyl (C=O) groups excluding carboxylic acids is 1. The first-order chi connectivity index (χ1) is 10.7. The van der Waals surface area contributed by atoms with Gasteiger partial charge in [-0.15, -0.1) is 12.4 Å². The van der Waals surface area contributed by atoms with Crippen LogP contribution in [0.3, 0.4) is 0 Å². The van der Waals surface area contributed by atoms with Gasteiger partial charge in [-0.25, -0.2) is 8.42 Å². The molecule has 0 aromatic carbocycles. The van der Waals surface area contributed by atoms with Gasteiger partial charge in [-0.2, -0.15) is 0 Å². The maximum absolute atomic E-state index is 13.0. The standard InChI is InChI=1S/C16H27NO5S.ClH/c1-11(2)14(23(21,22)13-6-4-3-5-7-13)15(18)17-9-8-12(10-17)16(19)20;/h11-14H,3-10H2,1-2H3,(H,19,20);1H. The number of nitrogens with zero attached hydrogens (tertiary/aromatic N) is 1. The van der Waals surface area contributed by atoms with Crippen LogP contribution in [0.25, 0.3) is 0 Å². The Morgan fingerprint density at radius 2 is 1.67 bits per heavy atom. The van der Waals surface area contributed by atoms with Crippen molar-refractivity contribution in [3.8, 4) is 0 Å². The first-order valence-electron chi connectivity index (χ1n) is 8.49. The number of aliphatic carboxylic acids is 1. The predicted molar refractivity (Wildman–Crippen MR) is 94.0 cm³/mol. The summed E-state index contributed by atoms with van der Waals surface area (Å²) in [6, 6.07) is 0. The second-order valence-electron chi connectivity index (χ2n) is 7.12. The second-order valence-corrected chi connectivity index (χ2v) is 9.47. The number of hydrogen-bond donors (Lipinski definition) is 1. The van der Waals surface area contributed by atoms with Crippen LogP contribution in [0.1, 0.15) is 52.4 Å². The summed E-state index contributed by atoms with van der Waals surface area (Å²) >= 11 is 0. The van der Waals surface area contributed by atoms with Gasteiger partial charge in [0.15, 0.2) is 9.84 Å². The lowest BCUT2D eigenvalue weighted by atomic mass is 10.0. The summed E-state index contributed by atoms with van der Waals surface area (Å²) in [7, 11) is -3.54. The minimum atomic E-state index is -3.54. The van der Waals surface area contributed by atoms with Crippen LogP contribution in [-0.2, 0) is 19.4 Å². The Balaban J connectivity index is 0.00000288. The molecule has 0 bridgehead atoms. The third-order valence-electron chi connectivity index (χ3n) is 5.07. The van der Waals surface area contributed by atoms with Gasteiger partial charge in [0.05, 0.1) is 11.2 Å². The van der Waals surface area contributed by atoms with E-state index >= 15 is 0 Å². The summed E-state index contributed by atoms with van der Waals surface area (Å²) in [5.41, 5.74) is 0. The highest BCUT2D eigenvalue weighted by molar-refractivity contribution is 7.93. The number of carboxylic acids is 1. The number of carbonyl (C=O) groups is 2. The van der Waals surface area contributed by atoms with Crippen molar-refractivity contribution >= 4 is 34.1 Å². The van der Waals surface area contributed by atoms with Crippen LogP contribution in [0.5, 0.6) is 0 Å². The van der Waals surface area contributed by atoms with Gasteiger partial charge in [0, 0.05) is 13.1 Å². The highest BCUT2D eigenvalue weighted by Gasteiger charge is 2.44. The minimum absolute atomic E-state index is 0. The predicted octanol–water partition coefficient (Wildman–Crippen LogP) is 2.11. The van der Waals surface area contributed by atoms with Gasteiger partial charge in [-0.1, -0.05) is 33.1 Å². The first-order valence-corrected chi connectivity index (χ1v) is 10.1. The van der Waals surface area contributed by atoms with E-state index in [-0.39, 0.29) is 24.9 Å². The van der Waals surface area contributed by atoms with Crippen molar-refractivity contribution in [3.05, 3.63) is 0 Å². The van der Waals surface area contributed by atoms with Crippen molar-refractivity contribution in [2.24, 2.45) is 11.8 Å². The van der Waals surface area contributed by atoms with Crippen molar-refractivity contribution in [2.45, 2.75) is 62.9 Å². The fraction of sp³-hybridized carbons (Fsp3) is 0.875. The van der Waals surface area contributed by atoms with E-state index in [1.165, 1.54) is 4.90 Å². The van der Waals surface area contributed by atoms with Gasteiger partial charge >= 0.3 is 5.97 Å². The highest BCUT2D eigenvalue weighted by Crippen LogP contribution is 2.30. The molecule has 2 rings (SSSR count). The number of halogens is 1. The third kappa shape index (κ3) is 4.42. The molecule has 8 heteroatoms. The van der Waals surface area contributed by atoms with Crippen LogP contribution in [0, 0.1) is 11.8 Å². The van der Waals surface area contributed by atoms with Crippen LogP contribution >= 0.6 is 12.4 Å². The van der Waals surface area contributed by atoms with E-state index in [1.54, 1.807) is 13.8 Å². The molecule has 1 N–H and O–H groups in total. The zero-order chi connectivity index (χ0) is 17.2. The summed E-state index contributed by atoms with van der Waals surface area (Å²) < 4.78 is 26.0. The van der Waals surface area contributed by atoms with E-state index in [0.29, 0.717) is 25.8 Å². The number of sulfone groups is 1. The molecule has 1 saturated heterocycles. The maximum Gasteiger partial charge on any atom is 0.308 e. The van der Waals surface area contributed by atoms with E-state index in [2.05, 4.69) is 0 Å². The Hall–Kier alpha value is -0.820. The molecule has 0 spiro atoms. The van der Waals surface area contributed by atoms with E-state index in [1.807, 2.05) is 0 Å². The Kier molecular flexibility index (Phi) is 7.53. The quantitative estimate of drug-likeness (QED) is 0.787. The number of hydrogen-bond acceptors (Lipinski definition) is 4. The Bertz CT molecular complexity index is 557. The van der Waals surface area contributed by atoms with Crippen LogP contribution < -0.4 is 0 Å². The largest absolute Gasteiger partial charge is 0.481 e. The highest BCUT2D eigenvalue weighted by atomic mass is 35.5. The fourth-order valence-electron chi connectivity index (χ4n) is 3.75. The smallest absolute Gasteiger partial charge is 0.308 e. The molecule has 1 heterocycles. The van der Waals surface area contributed by atoms with E-state index in [4.69, 9.17) is 5.11 Å². The molecule has 6 nitrogen and oxygen atoms in total. The van der Waals surface area contributed by atoms with E-state index in [9.17, 15) is 18.0 Å². The topological polar surface area (TPSA) is 91.8 Å². The molecule has 0 aromatic heterocycles. The van der Waals surface area contributed by atoms with Crippen molar-refractivity contribution in [2.75, 3.05) is 13.1 Å². The van der Waals surface area contributed by atoms with Crippen LogP contribution in [-0.4, -0.2) is 53.9 Å². The Labute approximate surface area is 150 Å². The van der Waals surface area contributed by atoms with E-state index < -0.39 is 38.1 Å². The normalized spacial score (nSPS) is 23.8.